The maximum Gasteiger partial charge on any atom is 0.339 e. The van der Waals surface area contributed by atoms with E-state index in [2.05, 4.69) is 16.0 Å². The molecular formula is C25H21N6O2. The van der Waals surface area contributed by atoms with Gasteiger partial charge in [-0.25, -0.2) is 19.3 Å². The zero-order chi connectivity index (χ0) is 22.9. The van der Waals surface area contributed by atoms with Crippen LogP contribution in [0.25, 0.3) is 22.5 Å². The molecule has 0 fully saturated rings. The molecule has 1 radical (unpaired) electrons. The van der Waals surface area contributed by atoms with Gasteiger partial charge in [0.1, 0.15) is 23.3 Å². The van der Waals surface area contributed by atoms with Crippen LogP contribution >= 0.6 is 0 Å². The van der Waals surface area contributed by atoms with Crippen molar-refractivity contribution < 1.29 is 4.74 Å². The summed E-state index contributed by atoms with van der Waals surface area (Å²) in [5.41, 5.74) is 15.5. The minimum atomic E-state index is -0.320. The van der Waals surface area contributed by atoms with Crippen molar-refractivity contribution in [1.82, 2.24) is 19.1 Å². The van der Waals surface area contributed by atoms with Gasteiger partial charge < -0.3 is 16.2 Å². The zero-order valence-corrected chi connectivity index (χ0v) is 17.9. The quantitative estimate of drug-likeness (QED) is 0.435. The van der Waals surface area contributed by atoms with Gasteiger partial charge in [0, 0.05) is 6.54 Å². The average molecular weight is 437 g/mol. The normalized spacial score (nSPS) is 11.1. The Labute approximate surface area is 189 Å². The number of rotatable bonds is 5. The Morgan fingerprint density at radius 2 is 1.82 bits per heavy atom. The lowest BCUT2D eigenvalue weighted by molar-refractivity contribution is 0.482. The Morgan fingerprint density at radius 3 is 2.58 bits per heavy atom. The van der Waals surface area contributed by atoms with Gasteiger partial charge in [-0.2, -0.15) is 0 Å². The second kappa shape index (κ2) is 8.25. The van der Waals surface area contributed by atoms with E-state index in [1.54, 1.807) is 12.1 Å². The number of benzene rings is 3. The van der Waals surface area contributed by atoms with E-state index in [1.165, 1.54) is 15.5 Å². The van der Waals surface area contributed by atoms with E-state index in [1.807, 2.05) is 61.5 Å². The predicted octanol–water partition coefficient (Wildman–Crippen LogP) is 3.51. The van der Waals surface area contributed by atoms with Gasteiger partial charge in [-0.05, 0) is 72.6 Å². The number of hydrogen-bond donors (Lipinski definition) is 2. The van der Waals surface area contributed by atoms with Gasteiger partial charge in [0.05, 0.1) is 11.4 Å². The van der Waals surface area contributed by atoms with Gasteiger partial charge >= 0.3 is 5.69 Å². The maximum absolute atomic E-state index is 13.7. The minimum absolute atomic E-state index is 0.207. The second-order valence-electron chi connectivity index (χ2n) is 7.55. The number of imidazole rings is 1. The summed E-state index contributed by atoms with van der Waals surface area (Å²) in [5, 5.41) is 0. The molecule has 5 rings (SSSR count). The third-order valence-electron chi connectivity index (χ3n) is 5.36. The number of fused-ring (bicyclic) bond motifs is 1. The molecule has 0 aliphatic rings. The first-order chi connectivity index (χ1) is 16.1. The molecule has 0 unspecified atom stereocenters. The number of hydrogen-bond acceptors (Lipinski definition) is 6. The summed E-state index contributed by atoms with van der Waals surface area (Å²) in [4.78, 5) is 22.2. The number of ether oxygens (including phenoxy) is 1. The average Bonchev–Trinajstić information content (AvgIpc) is 3.13. The predicted molar refractivity (Wildman–Crippen MR) is 127 cm³/mol. The Bertz CT molecular complexity index is 1520. The summed E-state index contributed by atoms with van der Waals surface area (Å²) in [6.45, 7) is 2.24. The van der Waals surface area contributed by atoms with Crippen molar-refractivity contribution in [2.75, 3.05) is 5.73 Å². The molecule has 163 valence electrons. The van der Waals surface area contributed by atoms with E-state index >= 15 is 0 Å². The molecule has 0 amide bonds. The monoisotopic (exact) mass is 437 g/mol. The lowest BCUT2D eigenvalue weighted by atomic mass is 10.2. The highest BCUT2D eigenvalue weighted by Crippen LogP contribution is 2.28. The SMILES string of the molecule is Cc1cc(Oc2ccccc2)ccc1-n1c(=O)n(-c2c[c]cc(CN)c2)c2ncnc(N)c21. The third kappa shape index (κ3) is 3.62. The largest absolute Gasteiger partial charge is 0.457 e. The van der Waals surface area contributed by atoms with Gasteiger partial charge in [-0.15, -0.1) is 0 Å². The lowest BCUT2D eigenvalue weighted by Crippen LogP contribution is -2.23. The van der Waals surface area contributed by atoms with Gasteiger partial charge in [-0.1, -0.05) is 18.2 Å². The number of aromatic nitrogens is 4. The van der Waals surface area contributed by atoms with Crippen LogP contribution in [-0.4, -0.2) is 19.1 Å². The van der Waals surface area contributed by atoms with Crippen LogP contribution in [0.3, 0.4) is 0 Å². The van der Waals surface area contributed by atoms with Crippen molar-refractivity contribution in [1.29, 1.82) is 0 Å². The number of nitrogen functional groups attached to an aromatic ring is 1. The highest BCUT2D eigenvalue weighted by atomic mass is 16.5. The van der Waals surface area contributed by atoms with Crippen molar-refractivity contribution >= 4 is 17.0 Å². The van der Waals surface area contributed by atoms with Gasteiger partial charge in [0.2, 0.25) is 0 Å². The highest BCUT2D eigenvalue weighted by molar-refractivity contribution is 5.85. The summed E-state index contributed by atoms with van der Waals surface area (Å²) in [5.74, 6) is 1.60. The molecule has 0 spiro atoms. The van der Waals surface area contributed by atoms with Gasteiger partial charge in [0.15, 0.2) is 11.5 Å². The van der Waals surface area contributed by atoms with E-state index in [9.17, 15) is 4.79 Å². The molecule has 0 atom stereocenters. The second-order valence-corrected chi connectivity index (χ2v) is 7.55. The molecule has 4 N–H and O–H groups in total. The molecule has 2 aromatic heterocycles. The molecule has 3 aromatic carbocycles. The molecule has 0 saturated heterocycles. The lowest BCUT2D eigenvalue weighted by Gasteiger charge is -2.11. The van der Waals surface area contributed by atoms with Crippen LogP contribution in [0.1, 0.15) is 11.1 Å². The summed E-state index contributed by atoms with van der Waals surface area (Å²) < 4.78 is 8.96. The van der Waals surface area contributed by atoms with Gasteiger partial charge in [0.25, 0.3) is 0 Å². The molecule has 8 heteroatoms. The molecule has 5 aromatic rings. The molecule has 0 bridgehead atoms. The Kier molecular flexibility index (Phi) is 5.12. The zero-order valence-electron chi connectivity index (χ0n) is 17.9. The molecular weight excluding hydrogens is 416 g/mol. The molecule has 2 heterocycles. The van der Waals surface area contributed by atoms with Crippen LogP contribution in [0.4, 0.5) is 5.82 Å². The molecule has 33 heavy (non-hydrogen) atoms. The molecule has 0 saturated carbocycles. The highest BCUT2D eigenvalue weighted by Gasteiger charge is 2.21. The summed E-state index contributed by atoms with van der Waals surface area (Å²) >= 11 is 0. The summed E-state index contributed by atoms with van der Waals surface area (Å²) in [6, 6.07) is 23.4. The smallest absolute Gasteiger partial charge is 0.339 e. The number of anilines is 1. The standard InChI is InChI=1S/C25H21N6O2/c1-16-12-20(33-19-8-3-2-4-9-19)10-11-21(16)31-22-23(27)28-15-29-24(22)30(25(31)32)18-7-5-6-17(13-18)14-26/h2-4,6-13,15H,14,26H2,1H3,(H2,27,28,29). The summed E-state index contributed by atoms with van der Waals surface area (Å²) in [6.07, 6.45) is 1.35. The molecule has 0 aliphatic heterocycles. The topological polar surface area (TPSA) is 114 Å². The van der Waals surface area contributed by atoms with Crippen LogP contribution in [0.5, 0.6) is 11.5 Å². The van der Waals surface area contributed by atoms with E-state index in [0.717, 1.165) is 16.9 Å². The number of nitrogens with two attached hydrogens (primary N) is 2. The maximum atomic E-state index is 13.7. The Morgan fingerprint density at radius 1 is 1.00 bits per heavy atom. The third-order valence-corrected chi connectivity index (χ3v) is 5.36. The fourth-order valence-corrected chi connectivity index (χ4v) is 3.82. The van der Waals surface area contributed by atoms with Crippen LogP contribution in [0, 0.1) is 13.0 Å². The van der Waals surface area contributed by atoms with E-state index in [0.29, 0.717) is 34.8 Å². The van der Waals surface area contributed by atoms with Crippen molar-refractivity contribution in [2.24, 2.45) is 5.73 Å². The minimum Gasteiger partial charge on any atom is -0.457 e. The Balaban J connectivity index is 1.69. The van der Waals surface area contributed by atoms with Crippen LogP contribution < -0.4 is 21.9 Å². The van der Waals surface area contributed by atoms with E-state index < -0.39 is 0 Å². The summed E-state index contributed by atoms with van der Waals surface area (Å²) in [7, 11) is 0. The first kappa shape index (κ1) is 20.5. The fourth-order valence-electron chi connectivity index (χ4n) is 3.82. The first-order valence-corrected chi connectivity index (χ1v) is 10.3. The van der Waals surface area contributed by atoms with Crippen molar-refractivity contribution in [3.05, 3.63) is 101 Å². The van der Waals surface area contributed by atoms with Gasteiger partial charge in [-0.3, -0.25) is 4.57 Å². The Hall–Kier alpha value is -4.43. The van der Waals surface area contributed by atoms with E-state index in [4.69, 9.17) is 16.2 Å². The number of nitrogens with zero attached hydrogens (tertiary/aromatic N) is 4. The van der Waals surface area contributed by atoms with Crippen LogP contribution in [0.2, 0.25) is 0 Å². The number of aryl methyl sites for hydroxylation is 1. The van der Waals surface area contributed by atoms with Crippen LogP contribution in [-0.2, 0) is 6.54 Å². The fraction of sp³-hybridized carbons (Fsp3) is 0.0800. The first-order valence-electron chi connectivity index (χ1n) is 10.3. The van der Waals surface area contributed by atoms with Crippen molar-refractivity contribution in [3.63, 3.8) is 0 Å². The van der Waals surface area contributed by atoms with E-state index in [-0.39, 0.29) is 11.5 Å². The molecule has 8 nitrogen and oxygen atoms in total. The number of para-hydroxylation sites is 1. The van der Waals surface area contributed by atoms with Crippen LogP contribution in [0.15, 0.2) is 77.9 Å². The van der Waals surface area contributed by atoms with Crippen molar-refractivity contribution in [2.45, 2.75) is 13.5 Å². The van der Waals surface area contributed by atoms with Crippen molar-refractivity contribution in [3.8, 4) is 22.9 Å². The molecule has 0 aliphatic carbocycles.